The maximum atomic E-state index is 12.4. The Labute approximate surface area is 143 Å². The summed E-state index contributed by atoms with van der Waals surface area (Å²) in [5, 5.41) is 9.09. The number of benzene rings is 1. The highest BCUT2D eigenvalue weighted by atomic mass is 32.2. The van der Waals surface area contributed by atoms with Crippen LogP contribution < -0.4 is 9.47 Å². The van der Waals surface area contributed by atoms with Gasteiger partial charge in [-0.2, -0.15) is 0 Å². The van der Waals surface area contributed by atoms with Gasteiger partial charge in [0.25, 0.3) is 5.91 Å². The van der Waals surface area contributed by atoms with Crippen LogP contribution in [-0.2, 0) is 9.59 Å². The number of nitrogens with zero attached hydrogens (tertiary/aromatic N) is 1. The number of hydrogen-bond donors (Lipinski definition) is 1. The molecule has 0 saturated carbocycles. The standard InChI is InChI=1S/C15H15NO5S2/c1-8(14(18)19)16-13(17)12(23-15(16)22)7-9-6-10(20-2)4-5-11(9)21-3/h4-8H,1-3H3,(H,18,19)/t8-/m0/s1. The van der Waals surface area contributed by atoms with Crippen molar-refractivity contribution in [3.05, 3.63) is 28.7 Å². The Hall–Kier alpha value is -2.06. The molecule has 0 bridgehead atoms. The number of thioether (sulfide) groups is 1. The predicted molar refractivity (Wildman–Crippen MR) is 91.7 cm³/mol. The van der Waals surface area contributed by atoms with E-state index in [0.717, 1.165) is 16.7 Å². The lowest BCUT2D eigenvalue weighted by Gasteiger charge is -2.18. The molecule has 1 aromatic rings. The Kier molecular flexibility index (Phi) is 5.27. The number of rotatable bonds is 5. The lowest BCUT2D eigenvalue weighted by atomic mass is 10.1. The van der Waals surface area contributed by atoms with Crippen LogP contribution in [0.4, 0.5) is 0 Å². The average Bonchev–Trinajstić information content (AvgIpc) is 2.80. The maximum absolute atomic E-state index is 12.4. The van der Waals surface area contributed by atoms with E-state index in [1.54, 1.807) is 31.4 Å². The third-order valence-corrected chi connectivity index (χ3v) is 4.62. The van der Waals surface area contributed by atoms with Gasteiger partial charge in [-0.25, -0.2) is 4.79 Å². The van der Waals surface area contributed by atoms with Gasteiger partial charge >= 0.3 is 5.97 Å². The largest absolute Gasteiger partial charge is 0.497 e. The van der Waals surface area contributed by atoms with Gasteiger partial charge in [0.15, 0.2) is 0 Å². The highest BCUT2D eigenvalue weighted by Crippen LogP contribution is 2.36. The molecule has 1 aliphatic heterocycles. The highest BCUT2D eigenvalue weighted by Gasteiger charge is 2.38. The van der Waals surface area contributed by atoms with Gasteiger partial charge in [0, 0.05) is 5.56 Å². The van der Waals surface area contributed by atoms with Crippen molar-refractivity contribution in [2.24, 2.45) is 0 Å². The number of carboxylic acids is 1. The summed E-state index contributed by atoms with van der Waals surface area (Å²) < 4.78 is 10.7. The molecule has 1 fully saturated rings. The molecule has 0 aliphatic carbocycles. The second-order valence-corrected chi connectivity index (χ2v) is 6.35. The fourth-order valence-corrected chi connectivity index (χ4v) is 3.43. The van der Waals surface area contributed by atoms with Gasteiger partial charge in [-0.1, -0.05) is 24.0 Å². The minimum Gasteiger partial charge on any atom is -0.497 e. The molecule has 2 rings (SSSR count). The molecular formula is C15H15NO5S2. The second kappa shape index (κ2) is 7.01. The van der Waals surface area contributed by atoms with E-state index in [4.69, 9.17) is 26.8 Å². The van der Waals surface area contributed by atoms with Crippen LogP contribution in [0.1, 0.15) is 12.5 Å². The fraction of sp³-hybridized carbons (Fsp3) is 0.267. The molecule has 1 amide bonds. The molecule has 6 nitrogen and oxygen atoms in total. The molecule has 122 valence electrons. The predicted octanol–water partition coefficient (Wildman–Crippen LogP) is 2.38. The summed E-state index contributed by atoms with van der Waals surface area (Å²) in [7, 11) is 3.07. The number of thiocarbonyl (C=S) groups is 1. The van der Waals surface area contributed by atoms with E-state index in [-0.39, 0.29) is 4.32 Å². The van der Waals surface area contributed by atoms with E-state index in [2.05, 4.69) is 0 Å². The van der Waals surface area contributed by atoms with Crippen LogP contribution in [0.25, 0.3) is 6.08 Å². The molecule has 1 saturated heterocycles. The van der Waals surface area contributed by atoms with Crippen LogP contribution >= 0.6 is 24.0 Å². The summed E-state index contributed by atoms with van der Waals surface area (Å²) >= 11 is 6.19. The van der Waals surface area contributed by atoms with Crippen LogP contribution in [0.2, 0.25) is 0 Å². The molecule has 0 unspecified atom stereocenters. The van der Waals surface area contributed by atoms with Gasteiger partial charge < -0.3 is 14.6 Å². The first kappa shape index (κ1) is 17.3. The molecule has 1 aliphatic rings. The maximum Gasteiger partial charge on any atom is 0.326 e. The first-order valence-corrected chi connectivity index (χ1v) is 7.83. The Morgan fingerprint density at radius 1 is 1.39 bits per heavy atom. The molecule has 0 spiro atoms. The van der Waals surface area contributed by atoms with E-state index < -0.39 is 17.9 Å². The zero-order valence-electron chi connectivity index (χ0n) is 12.7. The Balaban J connectivity index is 2.39. The number of carbonyl (C=O) groups excluding carboxylic acids is 1. The highest BCUT2D eigenvalue weighted by molar-refractivity contribution is 8.26. The number of carbonyl (C=O) groups is 2. The minimum absolute atomic E-state index is 0.220. The van der Waals surface area contributed by atoms with Crippen molar-refractivity contribution in [1.82, 2.24) is 4.90 Å². The molecule has 23 heavy (non-hydrogen) atoms. The number of aliphatic carboxylic acids is 1. The van der Waals surface area contributed by atoms with E-state index in [0.29, 0.717) is 22.0 Å². The fourth-order valence-electron chi connectivity index (χ4n) is 2.02. The Morgan fingerprint density at radius 3 is 2.65 bits per heavy atom. The summed E-state index contributed by atoms with van der Waals surface area (Å²) in [5.41, 5.74) is 0.648. The van der Waals surface area contributed by atoms with Gasteiger partial charge in [0.1, 0.15) is 21.9 Å². The first-order chi connectivity index (χ1) is 10.9. The van der Waals surface area contributed by atoms with Gasteiger partial charge in [-0.15, -0.1) is 0 Å². The topological polar surface area (TPSA) is 76.1 Å². The molecule has 1 aromatic carbocycles. The monoisotopic (exact) mass is 353 g/mol. The molecule has 0 aromatic heterocycles. The summed E-state index contributed by atoms with van der Waals surface area (Å²) in [5.74, 6) is -0.352. The van der Waals surface area contributed by atoms with Gasteiger partial charge in [0.2, 0.25) is 0 Å². The quantitative estimate of drug-likeness (QED) is 0.643. The average molecular weight is 353 g/mol. The van der Waals surface area contributed by atoms with E-state index >= 15 is 0 Å². The second-order valence-electron chi connectivity index (χ2n) is 4.67. The van der Waals surface area contributed by atoms with Crippen LogP contribution in [0, 0.1) is 0 Å². The van der Waals surface area contributed by atoms with Crippen LogP contribution in [0.3, 0.4) is 0 Å². The van der Waals surface area contributed by atoms with Crippen molar-refractivity contribution in [3.63, 3.8) is 0 Å². The first-order valence-electron chi connectivity index (χ1n) is 6.61. The summed E-state index contributed by atoms with van der Waals surface area (Å²) in [6.45, 7) is 1.42. The van der Waals surface area contributed by atoms with Gasteiger partial charge in [-0.05, 0) is 31.2 Å². The lowest BCUT2D eigenvalue weighted by molar-refractivity contribution is -0.144. The smallest absolute Gasteiger partial charge is 0.326 e. The van der Waals surface area contributed by atoms with Crippen molar-refractivity contribution in [2.75, 3.05) is 14.2 Å². The summed E-state index contributed by atoms with van der Waals surface area (Å²) in [4.78, 5) is 25.0. The third-order valence-electron chi connectivity index (χ3n) is 3.29. The Bertz CT molecular complexity index is 701. The number of ether oxygens (including phenoxy) is 2. The van der Waals surface area contributed by atoms with Gasteiger partial charge in [0.05, 0.1) is 19.1 Å². The Morgan fingerprint density at radius 2 is 2.09 bits per heavy atom. The molecule has 1 N–H and O–H groups in total. The van der Waals surface area contributed by atoms with Crippen molar-refractivity contribution in [2.45, 2.75) is 13.0 Å². The van der Waals surface area contributed by atoms with E-state index in [9.17, 15) is 9.59 Å². The summed E-state index contributed by atoms with van der Waals surface area (Å²) in [6, 6.07) is 4.19. The molecule has 8 heteroatoms. The minimum atomic E-state index is -1.11. The molecule has 1 heterocycles. The zero-order valence-corrected chi connectivity index (χ0v) is 14.4. The van der Waals surface area contributed by atoms with E-state index in [1.165, 1.54) is 14.0 Å². The summed E-state index contributed by atoms with van der Waals surface area (Å²) in [6.07, 6.45) is 1.62. The lowest BCUT2D eigenvalue weighted by Crippen LogP contribution is -2.41. The number of hydrogen-bond acceptors (Lipinski definition) is 6. The van der Waals surface area contributed by atoms with Crippen molar-refractivity contribution >= 4 is 46.3 Å². The SMILES string of the molecule is COc1ccc(OC)c(C=C2SC(=S)N([C@@H](C)C(=O)O)C2=O)c1. The number of carboxylic acid groups (broad SMARTS) is 1. The van der Waals surface area contributed by atoms with Crippen LogP contribution in [0.15, 0.2) is 23.1 Å². The normalized spacial score (nSPS) is 17.5. The third kappa shape index (κ3) is 3.48. The van der Waals surface area contributed by atoms with Crippen molar-refractivity contribution < 1.29 is 24.2 Å². The van der Waals surface area contributed by atoms with Crippen molar-refractivity contribution in [1.29, 1.82) is 0 Å². The molecule has 1 atom stereocenters. The number of amides is 1. The van der Waals surface area contributed by atoms with Crippen molar-refractivity contribution in [3.8, 4) is 11.5 Å². The zero-order chi connectivity index (χ0) is 17.1. The molecule has 0 radical (unpaired) electrons. The van der Waals surface area contributed by atoms with Gasteiger partial charge in [-0.3, -0.25) is 9.69 Å². The number of methoxy groups -OCH3 is 2. The van der Waals surface area contributed by atoms with Crippen LogP contribution in [0.5, 0.6) is 11.5 Å². The van der Waals surface area contributed by atoms with Crippen LogP contribution in [-0.4, -0.2) is 46.5 Å². The molecular weight excluding hydrogens is 338 g/mol. The van der Waals surface area contributed by atoms with E-state index in [1.807, 2.05) is 0 Å².